The number of carbonyl (C=O) groups is 1. The second-order valence-electron chi connectivity index (χ2n) is 6.65. The van der Waals surface area contributed by atoms with Gasteiger partial charge in [0.2, 0.25) is 5.78 Å². The molecule has 0 unspecified atom stereocenters. The zero-order chi connectivity index (χ0) is 20.0. The molecule has 6 nitrogen and oxygen atoms in total. The van der Waals surface area contributed by atoms with Crippen molar-refractivity contribution in [2.24, 2.45) is 0 Å². The average molecular weight is 383 g/mol. The fourth-order valence-corrected chi connectivity index (χ4v) is 3.59. The summed E-state index contributed by atoms with van der Waals surface area (Å²) in [7, 11) is 3.11. The highest BCUT2D eigenvalue weighted by molar-refractivity contribution is 6.18. The molecule has 3 heterocycles. The summed E-state index contributed by atoms with van der Waals surface area (Å²) >= 11 is 0. The fourth-order valence-electron chi connectivity index (χ4n) is 3.59. The second-order valence-corrected chi connectivity index (χ2v) is 6.65. The molecule has 3 aromatic heterocycles. The average Bonchev–Trinajstić information content (AvgIpc) is 3.17. The van der Waals surface area contributed by atoms with Gasteiger partial charge in [-0.3, -0.25) is 9.20 Å². The Kier molecular flexibility index (Phi) is 3.91. The van der Waals surface area contributed by atoms with E-state index in [1.54, 1.807) is 32.4 Å². The Morgan fingerprint density at radius 2 is 1.62 bits per heavy atom. The number of nitrogens with zero attached hydrogens (tertiary/aromatic N) is 3. The molecular weight excluding hydrogens is 366 g/mol. The van der Waals surface area contributed by atoms with Crippen molar-refractivity contribution < 1.29 is 14.3 Å². The van der Waals surface area contributed by atoms with Crippen molar-refractivity contribution in [3.63, 3.8) is 0 Å². The van der Waals surface area contributed by atoms with E-state index in [0.717, 1.165) is 22.1 Å². The van der Waals surface area contributed by atoms with Crippen LogP contribution < -0.4 is 9.47 Å². The second kappa shape index (κ2) is 6.60. The third-order valence-electron chi connectivity index (χ3n) is 4.97. The summed E-state index contributed by atoms with van der Waals surface area (Å²) in [5.41, 5.74) is 3.70. The van der Waals surface area contributed by atoms with E-state index in [1.165, 1.54) is 0 Å². The van der Waals surface area contributed by atoms with Gasteiger partial charge in [0, 0.05) is 23.2 Å². The van der Waals surface area contributed by atoms with Crippen molar-refractivity contribution >= 4 is 33.4 Å². The van der Waals surface area contributed by atoms with E-state index in [-0.39, 0.29) is 5.78 Å². The topological polar surface area (TPSA) is 65.7 Å². The predicted octanol–water partition coefficient (Wildman–Crippen LogP) is 4.28. The van der Waals surface area contributed by atoms with E-state index < -0.39 is 0 Å². The van der Waals surface area contributed by atoms with Crippen molar-refractivity contribution in [1.82, 2.24) is 14.4 Å². The van der Waals surface area contributed by atoms with Crippen LogP contribution in [0.5, 0.6) is 11.5 Å². The van der Waals surface area contributed by atoms with Crippen LogP contribution in [-0.4, -0.2) is 34.4 Å². The van der Waals surface area contributed by atoms with Crippen molar-refractivity contribution in [3.05, 3.63) is 78.1 Å². The molecule has 0 aliphatic carbocycles. The first-order valence-corrected chi connectivity index (χ1v) is 9.13. The van der Waals surface area contributed by atoms with Crippen molar-refractivity contribution in [2.45, 2.75) is 0 Å². The third kappa shape index (κ3) is 2.69. The molecular formula is C23H17N3O3. The smallest absolute Gasteiger partial charge is 0.213 e. The molecule has 0 fully saturated rings. The number of fused-ring (bicyclic) bond motifs is 5. The van der Waals surface area contributed by atoms with Gasteiger partial charge in [-0.1, -0.05) is 24.3 Å². The van der Waals surface area contributed by atoms with Gasteiger partial charge in [-0.05, 0) is 30.3 Å². The van der Waals surface area contributed by atoms with Crippen LogP contribution in [0, 0.1) is 0 Å². The number of imidazole rings is 1. The lowest BCUT2D eigenvalue weighted by molar-refractivity contribution is 0.103. The van der Waals surface area contributed by atoms with Gasteiger partial charge in [-0.2, -0.15) is 0 Å². The van der Waals surface area contributed by atoms with E-state index in [4.69, 9.17) is 19.4 Å². The molecule has 0 amide bonds. The number of ketones is 1. The Bertz CT molecular complexity index is 1380. The molecule has 0 N–H and O–H groups in total. The summed E-state index contributed by atoms with van der Waals surface area (Å²) in [4.78, 5) is 23.1. The summed E-state index contributed by atoms with van der Waals surface area (Å²) in [6.07, 6.45) is 1.89. The summed E-state index contributed by atoms with van der Waals surface area (Å²) in [6, 6.07) is 18.6. The monoisotopic (exact) mass is 383 g/mol. The fraction of sp³-hybridized carbons (Fsp3) is 0.0870. The Hall–Kier alpha value is -3.93. The molecule has 0 aliphatic heterocycles. The number of benzene rings is 2. The maximum Gasteiger partial charge on any atom is 0.213 e. The molecule has 6 heteroatoms. The lowest BCUT2D eigenvalue weighted by Gasteiger charge is -2.09. The van der Waals surface area contributed by atoms with Gasteiger partial charge in [-0.15, -0.1) is 0 Å². The van der Waals surface area contributed by atoms with Crippen molar-refractivity contribution in [3.8, 4) is 11.5 Å². The number of para-hydroxylation sites is 1. The van der Waals surface area contributed by atoms with E-state index in [9.17, 15) is 4.79 Å². The number of hydrogen-bond donors (Lipinski definition) is 0. The lowest BCUT2D eigenvalue weighted by atomic mass is 10.0. The molecule has 0 aliphatic rings. The normalized spacial score (nSPS) is 11.2. The van der Waals surface area contributed by atoms with E-state index >= 15 is 0 Å². The first kappa shape index (κ1) is 17.2. The largest absolute Gasteiger partial charge is 0.497 e. The highest BCUT2D eigenvalue weighted by atomic mass is 16.5. The molecule has 5 rings (SSSR count). The van der Waals surface area contributed by atoms with Gasteiger partial charge in [0.15, 0.2) is 0 Å². The summed E-state index contributed by atoms with van der Waals surface area (Å²) < 4.78 is 12.6. The summed E-state index contributed by atoms with van der Waals surface area (Å²) in [5.74, 6) is 0.870. The van der Waals surface area contributed by atoms with E-state index in [0.29, 0.717) is 28.3 Å². The number of pyridine rings is 2. The number of rotatable bonds is 4. The van der Waals surface area contributed by atoms with Crippen molar-refractivity contribution in [2.75, 3.05) is 14.2 Å². The minimum atomic E-state index is -0.219. The predicted molar refractivity (Wildman–Crippen MR) is 111 cm³/mol. The maximum atomic E-state index is 13.6. The van der Waals surface area contributed by atoms with Crippen LogP contribution >= 0.6 is 0 Å². The number of ether oxygens (including phenoxy) is 2. The van der Waals surface area contributed by atoms with Crippen LogP contribution in [0.3, 0.4) is 0 Å². The molecule has 5 aromatic rings. The molecule has 0 saturated heterocycles. The first-order chi connectivity index (χ1) is 14.2. The van der Waals surface area contributed by atoms with Gasteiger partial charge >= 0.3 is 0 Å². The van der Waals surface area contributed by atoms with Crippen molar-refractivity contribution in [1.29, 1.82) is 0 Å². The van der Waals surface area contributed by atoms with Crippen LogP contribution in [0.2, 0.25) is 0 Å². The summed E-state index contributed by atoms with van der Waals surface area (Å²) in [5, 5.41) is 0.908. The number of aromatic nitrogens is 3. The molecule has 2 aromatic carbocycles. The number of methoxy groups -OCH3 is 2. The number of carbonyl (C=O) groups excluding carboxylic acids is 1. The molecule has 0 bridgehead atoms. The van der Waals surface area contributed by atoms with Crippen LogP contribution in [0.1, 0.15) is 16.1 Å². The Morgan fingerprint density at radius 1 is 0.897 bits per heavy atom. The minimum Gasteiger partial charge on any atom is -0.497 e. The van der Waals surface area contributed by atoms with Crippen LogP contribution in [0.25, 0.3) is 27.6 Å². The molecule has 142 valence electrons. The summed E-state index contributed by atoms with van der Waals surface area (Å²) in [6.45, 7) is 0. The highest BCUT2D eigenvalue weighted by Gasteiger charge is 2.22. The highest BCUT2D eigenvalue weighted by Crippen LogP contribution is 2.30. The molecule has 0 spiro atoms. The molecule has 29 heavy (non-hydrogen) atoms. The third-order valence-corrected chi connectivity index (χ3v) is 4.97. The van der Waals surface area contributed by atoms with Gasteiger partial charge < -0.3 is 9.47 Å². The van der Waals surface area contributed by atoms with Gasteiger partial charge in [-0.25, -0.2) is 9.97 Å². The van der Waals surface area contributed by atoms with Gasteiger partial charge in [0.25, 0.3) is 0 Å². The minimum absolute atomic E-state index is 0.219. The molecule has 0 radical (unpaired) electrons. The van der Waals surface area contributed by atoms with Crippen LogP contribution in [-0.2, 0) is 0 Å². The molecule has 0 atom stereocenters. The number of hydrogen-bond acceptors (Lipinski definition) is 5. The van der Waals surface area contributed by atoms with E-state index in [1.807, 2.05) is 53.1 Å². The standard InChI is InChI=1S/C23H17N3O3/c1-28-15-11-14(12-16(13-15)29-2)23(27)21-22-20(17-7-3-4-8-18(17)24-21)25-19-9-5-6-10-26(19)22/h3-13H,1-2H3. The maximum absolute atomic E-state index is 13.6. The van der Waals surface area contributed by atoms with Gasteiger partial charge in [0.05, 0.1) is 19.7 Å². The van der Waals surface area contributed by atoms with Gasteiger partial charge in [0.1, 0.15) is 33.9 Å². The first-order valence-electron chi connectivity index (χ1n) is 9.13. The lowest BCUT2D eigenvalue weighted by Crippen LogP contribution is -2.07. The zero-order valence-electron chi connectivity index (χ0n) is 15.9. The van der Waals surface area contributed by atoms with E-state index in [2.05, 4.69) is 0 Å². The quantitative estimate of drug-likeness (QED) is 0.433. The van der Waals surface area contributed by atoms with Crippen LogP contribution in [0.4, 0.5) is 0 Å². The van der Waals surface area contributed by atoms with Crippen LogP contribution in [0.15, 0.2) is 66.9 Å². The SMILES string of the molecule is COc1cc(OC)cc(C(=O)c2nc3ccccc3c3nc4ccccn4c23)c1. The zero-order valence-corrected chi connectivity index (χ0v) is 15.9. The Morgan fingerprint density at radius 3 is 2.38 bits per heavy atom. The Labute approximate surface area is 166 Å². The Balaban J connectivity index is 1.85. The molecule has 0 saturated carbocycles.